The lowest BCUT2D eigenvalue weighted by Gasteiger charge is -2.24. The highest BCUT2D eigenvalue weighted by Crippen LogP contribution is 2.33. The van der Waals surface area contributed by atoms with Gasteiger partial charge in [0.2, 0.25) is 0 Å². The van der Waals surface area contributed by atoms with Gasteiger partial charge in [-0.15, -0.1) is 0 Å². The average molecular weight is 348 g/mol. The molecule has 0 amide bonds. The second-order valence-electron chi connectivity index (χ2n) is 6.91. The van der Waals surface area contributed by atoms with Crippen LogP contribution in [0.15, 0.2) is 48.9 Å². The number of nitrogens with one attached hydrogen (secondary N) is 1. The summed E-state index contributed by atoms with van der Waals surface area (Å²) < 4.78 is 1.86. The summed E-state index contributed by atoms with van der Waals surface area (Å²) in [5.74, 6) is 1.67. The maximum Gasteiger partial charge on any atom is 0.131 e. The van der Waals surface area contributed by atoms with Gasteiger partial charge in [-0.25, -0.2) is 9.97 Å². The van der Waals surface area contributed by atoms with Crippen LogP contribution in [-0.2, 0) is 13.6 Å². The van der Waals surface area contributed by atoms with E-state index in [0.717, 1.165) is 30.4 Å². The zero-order valence-corrected chi connectivity index (χ0v) is 15.3. The minimum absolute atomic E-state index is 0.421. The molecule has 1 atom stereocenters. The average Bonchev–Trinajstić information content (AvgIpc) is 3.24. The van der Waals surface area contributed by atoms with Crippen molar-refractivity contribution in [2.45, 2.75) is 32.4 Å². The van der Waals surface area contributed by atoms with Crippen LogP contribution in [0.5, 0.6) is 0 Å². The number of likely N-dealkylation sites (tertiary alicyclic amines) is 1. The zero-order valence-electron chi connectivity index (χ0n) is 15.3. The van der Waals surface area contributed by atoms with Crippen LogP contribution in [0.3, 0.4) is 0 Å². The number of aryl methyl sites for hydroxylation is 2. The van der Waals surface area contributed by atoms with E-state index in [-0.39, 0.29) is 0 Å². The second-order valence-corrected chi connectivity index (χ2v) is 6.91. The number of aromatic nitrogens is 4. The van der Waals surface area contributed by atoms with Crippen LogP contribution in [0.25, 0.3) is 0 Å². The van der Waals surface area contributed by atoms with Gasteiger partial charge in [-0.3, -0.25) is 9.58 Å². The second kappa shape index (κ2) is 7.25. The Labute approximate surface area is 153 Å². The van der Waals surface area contributed by atoms with E-state index in [1.807, 2.05) is 49.2 Å². The summed E-state index contributed by atoms with van der Waals surface area (Å²) in [6.07, 6.45) is 8.33. The van der Waals surface area contributed by atoms with Crippen LogP contribution in [0.1, 0.15) is 35.7 Å². The molecule has 6 nitrogen and oxygen atoms in total. The first kappa shape index (κ1) is 16.7. The Morgan fingerprint density at radius 2 is 2.15 bits per heavy atom. The molecule has 0 aliphatic carbocycles. The SMILES string of the molecule is Cc1cccc(Nc2cc([C@@H]3CCCN3Cc3cnn(C)c3)ccn2)n1. The molecule has 1 N–H and O–H groups in total. The van der Waals surface area contributed by atoms with Crippen molar-refractivity contribution in [2.24, 2.45) is 7.05 Å². The molecule has 4 rings (SSSR count). The molecule has 0 spiro atoms. The maximum atomic E-state index is 4.50. The highest BCUT2D eigenvalue weighted by Gasteiger charge is 2.26. The minimum atomic E-state index is 0.421. The highest BCUT2D eigenvalue weighted by molar-refractivity contribution is 5.52. The molecule has 1 saturated heterocycles. The van der Waals surface area contributed by atoms with Gasteiger partial charge in [0, 0.05) is 43.3 Å². The van der Waals surface area contributed by atoms with Crippen LogP contribution in [0, 0.1) is 6.92 Å². The van der Waals surface area contributed by atoms with Crippen molar-refractivity contribution in [3.05, 3.63) is 65.7 Å². The summed E-state index contributed by atoms with van der Waals surface area (Å²) in [7, 11) is 1.96. The fourth-order valence-electron chi connectivity index (χ4n) is 3.65. The smallest absolute Gasteiger partial charge is 0.131 e. The summed E-state index contributed by atoms with van der Waals surface area (Å²) in [5.41, 5.74) is 3.55. The van der Waals surface area contributed by atoms with Crippen molar-refractivity contribution in [2.75, 3.05) is 11.9 Å². The quantitative estimate of drug-likeness (QED) is 0.763. The van der Waals surface area contributed by atoms with Gasteiger partial charge in [0.25, 0.3) is 0 Å². The summed E-state index contributed by atoms with van der Waals surface area (Å²) in [5, 5.41) is 7.61. The Morgan fingerprint density at radius 3 is 2.96 bits per heavy atom. The standard InChI is InChI=1S/C20H24N6/c1-15-5-3-7-19(23-15)24-20-11-17(8-9-21-20)18-6-4-10-26(18)14-16-12-22-25(2)13-16/h3,5,7-9,11-13,18H,4,6,10,14H2,1-2H3,(H,21,23,24)/t18-/m0/s1. The van der Waals surface area contributed by atoms with Crippen molar-refractivity contribution in [3.63, 3.8) is 0 Å². The highest BCUT2D eigenvalue weighted by atomic mass is 15.2. The third-order valence-corrected chi connectivity index (χ3v) is 4.82. The number of pyridine rings is 2. The normalized spacial score (nSPS) is 17.5. The number of hydrogen-bond acceptors (Lipinski definition) is 5. The Balaban J connectivity index is 1.51. The molecule has 134 valence electrons. The fraction of sp³-hybridized carbons (Fsp3) is 0.350. The van der Waals surface area contributed by atoms with Gasteiger partial charge >= 0.3 is 0 Å². The van der Waals surface area contributed by atoms with E-state index in [1.54, 1.807) is 0 Å². The van der Waals surface area contributed by atoms with E-state index in [2.05, 4.69) is 43.6 Å². The Hall–Kier alpha value is -2.73. The van der Waals surface area contributed by atoms with Crippen molar-refractivity contribution in [1.29, 1.82) is 0 Å². The molecule has 1 aliphatic heterocycles. The van der Waals surface area contributed by atoms with Crippen molar-refractivity contribution in [1.82, 2.24) is 24.6 Å². The van der Waals surface area contributed by atoms with Crippen molar-refractivity contribution in [3.8, 4) is 0 Å². The predicted molar refractivity (Wildman–Crippen MR) is 102 cm³/mol. The first-order chi connectivity index (χ1) is 12.7. The van der Waals surface area contributed by atoms with E-state index in [0.29, 0.717) is 6.04 Å². The number of nitrogens with zero attached hydrogens (tertiary/aromatic N) is 5. The summed E-state index contributed by atoms with van der Waals surface area (Å²) in [4.78, 5) is 11.5. The molecule has 1 fully saturated rings. The van der Waals surface area contributed by atoms with Crippen LogP contribution in [-0.4, -0.2) is 31.2 Å². The third kappa shape index (κ3) is 3.75. The van der Waals surface area contributed by atoms with E-state index < -0.39 is 0 Å². The lowest BCUT2D eigenvalue weighted by atomic mass is 10.1. The van der Waals surface area contributed by atoms with Gasteiger partial charge in [0.15, 0.2) is 0 Å². The summed E-state index contributed by atoms with van der Waals surface area (Å²) in [6.45, 7) is 4.04. The molecular formula is C20H24N6. The lowest BCUT2D eigenvalue weighted by molar-refractivity contribution is 0.248. The topological polar surface area (TPSA) is 58.9 Å². The number of anilines is 2. The molecule has 0 radical (unpaired) electrons. The van der Waals surface area contributed by atoms with E-state index >= 15 is 0 Å². The molecule has 0 saturated carbocycles. The van der Waals surface area contributed by atoms with Crippen molar-refractivity contribution >= 4 is 11.6 Å². The summed E-state index contributed by atoms with van der Waals surface area (Å²) >= 11 is 0. The van der Waals surface area contributed by atoms with Gasteiger partial charge in [-0.2, -0.15) is 5.10 Å². The van der Waals surface area contributed by atoms with Gasteiger partial charge < -0.3 is 5.32 Å². The van der Waals surface area contributed by atoms with Crippen LogP contribution >= 0.6 is 0 Å². The van der Waals surface area contributed by atoms with Crippen LogP contribution in [0.2, 0.25) is 0 Å². The molecule has 26 heavy (non-hydrogen) atoms. The van der Waals surface area contributed by atoms with Crippen LogP contribution in [0.4, 0.5) is 11.6 Å². The Kier molecular flexibility index (Phi) is 4.67. The number of rotatable bonds is 5. The Bertz CT molecular complexity index is 887. The lowest BCUT2D eigenvalue weighted by Crippen LogP contribution is -2.22. The van der Waals surface area contributed by atoms with Crippen LogP contribution < -0.4 is 5.32 Å². The van der Waals surface area contributed by atoms with Gasteiger partial charge in [-0.1, -0.05) is 6.07 Å². The third-order valence-electron chi connectivity index (χ3n) is 4.82. The molecule has 3 aromatic heterocycles. The predicted octanol–water partition coefficient (Wildman–Crippen LogP) is 3.60. The number of hydrogen-bond donors (Lipinski definition) is 1. The van der Waals surface area contributed by atoms with Crippen molar-refractivity contribution < 1.29 is 0 Å². The van der Waals surface area contributed by atoms with Gasteiger partial charge in [0.1, 0.15) is 11.6 Å². The van der Waals surface area contributed by atoms with E-state index in [1.165, 1.54) is 24.0 Å². The maximum absolute atomic E-state index is 4.50. The molecule has 0 bridgehead atoms. The molecule has 0 aromatic carbocycles. The zero-order chi connectivity index (χ0) is 17.9. The fourth-order valence-corrected chi connectivity index (χ4v) is 3.65. The van der Waals surface area contributed by atoms with Gasteiger partial charge in [0.05, 0.1) is 6.20 Å². The molecule has 4 heterocycles. The van der Waals surface area contributed by atoms with E-state index in [4.69, 9.17) is 0 Å². The first-order valence-corrected chi connectivity index (χ1v) is 9.05. The molecular weight excluding hydrogens is 324 g/mol. The largest absolute Gasteiger partial charge is 0.325 e. The monoisotopic (exact) mass is 348 g/mol. The van der Waals surface area contributed by atoms with Gasteiger partial charge in [-0.05, 0) is 56.1 Å². The molecule has 0 unspecified atom stereocenters. The molecule has 3 aromatic rings. The molecule has 1 aliphatic rings. The minimum Gasteiger partial charge on any atom is -0.325 e. The first-order valence-electron chi connectivity index (χ1n) is 9.05. The Morgan fingerprint density at radius 1 is 1.23 bits per heavy atom. The summed E-state index contributed by atoms with van der Waals surface area (Å²) in [6, 6.07) is 10.7. The molecule has 6 heteroatoms. The van der Waals surface area contributed by atoms with E-state index in [9.17, 15) is 0 Å².